The third-order valence-corrected chi connectivity index (χ3v) is 5.31. The van der Waals surface area contributed by atoms with E-state index in [1.165, 1.54) is 23.3 Å². The van der Waals surface area contributed by atoms with Crippen molar-refractivity contribution in [2.24, 2.45) is 0 Å². The summed E-state index contributed by atoms with van der Waals surface area (Å²) in [6.07, 6.45) is -3.22. The van der Waals surface area contributed by atoms with Crippen LogP contribution in [0.3, 0.4) is 0 Å². The van der Waals surface area contributed by atoms with Crippen molar-refractivity contribution in [2.45, 2.75) is 26.2 Å². The molecule has 0 saturated carbocycles. The number of halogens is 3. The van der Waals surface area contributed by atoms with Crippen molar-refractivity contribution in [1.29, 1.82) is 0 Å². The molecule has 174 valence electrons. The summed E-state index contributed by atoms with van der Waals surface area (Å²) in [6.45, 7) is 1.90. The molecule has 4 aromatic rings. The van der Waals surface area contributed by atoms with E-state index in [-0.39, 0.29) is 29.8 Å². The summed E-state index contributed by atoms with van der Waals surface area (Å²) in [5.74, 6) is 0. The highest BCUT2D eigenvalue weighted by Gasteiger charge is 2.30. The van der Waals surface area contributed by atoms with Gasteiger partial charge in [0.05, 0.1) is 29.3 Å². The Balaban J connectivity index is 1.65. The Morgan fingerprint density at radius 1 is 0.971 bits per heavy atom. The molecular weight excluding hydrogens is 445 g/mol. The van der Waals surface area contributed by atoms with Gasteiger partial charge in [0, 0.05) is 12.2 Å². The molecule has 0 unspecified atom stereocenters. The summed E-state index contributed by atoms with van der Waals surface area (Å²) in [7, 11) is 0. The number of carbonyl (C=O) groups excluding carboxylic acids is 1. The lowest BCUT2D eigenvalue weighted by Gasteiger charge is -2.23. The van der Waals surface area contributed by atoms with Gasteiger partial charge in [-0.05, 0) is 42.8 Å². The second kappa shape index (κ2) is 9.43. The van der Waals surface area contributed by atoms with Crippen LogP contribution in [0.4, 0.5) is 23.7 Å². The van der Waals surface area contributed by atoms with Crippen LogP contribution in [-0.4, -0.2) is 10.9 Å². The number of amides is 2. The first-order chi connectivity index (χ1) is 16.2. The van der Waals surface area contributed by atoms with E-state index in [9.17, 15) is 22.8 Å². The molecule has 0 spiro atoms. The summed E-state index contributed by atoms with van der Waals surface area (Å²) < 4.78 is 44.8. The Hall–Kier alpha value is -4.07. The van der Waals surface area contributed by atoms with Gasteiger partial charge in [-0.1, -0.05) is 48.0 Å². The second-order valence-electron chi connectivity index (χ2n) is 7.94. The predicted molar refractivity (Wildman–Crippen MR) is 123 cm³/mol. The molecule has 0 saturated heterocycles. The van der Waals surface area contributed by atoms with Gasteiger partial charge >= 0.3 is 12.2 Å². The lowest BCUT2D eigenvalue weighted by molar-refractivity contribution is -0.137. The average Bonchev–Trinajstić information content (AvgIpc) is 2.81. The van der Waals surface area contributed by atoms with Crippen LogP contribution >= 0.6 is 0 Å². The zero-order valence-electron chi connectivity index (χ0n) is 18.2. The van der Waals surface area contributed by atoms with Gasteiger partial charge in [0.1, 0.15) is 5.58 Å². The minimum atomic E-state index is -4.54. The van der Waals surface area contributed by atoms with E-state index in [4.69, 9.17) is 4.42 Å². The number of fused-ring (bicyclic) bond motifs is 1. The zero-order valence-corrected chi connectivity index (χ0v) is 18.2. The highest BCUT2D eigenvalue weighted by Crippen LogP contribution is 2.30. The maximum atomic E-state index is 13.1. The lowest BCUT2D eigenvalue weighted by Crippen LogP contribution is -2.35. The SMILES string of the molecule is Cc1ccc2occ(CN(Cc3ccccc3)C(=O)Nc3cccc(C(F)(F)F)c3)c(=O)c2c1. The van der Waals surface area contributed by atoms with Crippen molar-refractivity contribution >= 4 is 22.7 Å². The number of nitrogens with one attached hydrogen (secondary N) is 1. The first-order valence-electron chi connectivity index (χ1n) is 10.5. The van der Waals surface area contributed by atoms with Gasteiger partial charge in [-0.2, -0.15) is 13.2 Å². The first kappa shape index (κ1) is 23.1. The largest absolute Gasteiger partial charge is 0.464 e. The van der Waals surface area contributed by atoms with Crippen LogP contribution in [0, 0.1) is 6.92 Å². The van der Waals surface area contributed by atoms with E-state index in [0.717, 1.165) is 23.3 Å². The van der Waals surface area contributed by atoms with Crippen molar-refractivity contribution in [3.8, 4) is 0 Å². The number of anilines is 1. The van der Waals surface area contributed by atoms with Crippen molar-refractivity contribution in [2.75, 3.05) is 5.32 Å². The molecule has 8 heteroatoms. The second-order valence-corrected chi connectivity index (χ2v) is 7.94. The number of aryl methyl sites for hydroxylation is 1. The molecule has 0 radical (unpaired) electrons. The number of urea groups is 1. The smallest absolute Gasteiger partial charge is 0.416 e. The molecule has 0 bridgehead atoms. The summed E-state index contributed by atoms with van der Waals surface area (Å²) in [6, 6.07) is 18.1. The van der Waals surface area contributed by atoms with Gasteiger partial charge in [0.2, 0.25) is 0 Å². The van der Waals surface area contributed by atoms with E-state index in [0.29, 0.717) is 11.0 Å². The zero-order chi connectivity index (χ0) is 24.3. The van der Waals surface area contributed by atoms with Crippen LogP contribution in [-0.2, 0) is 19.3 Å². The minimum absolute atomic E-state index is 0.000873. The molecule has 2 amide bonds. The van der Waals surface area contributed by atoms with Crippen molar-refractivity contribution < 1.29 is 22.4 Å². The molecule has 0 aliphatic carbocycles. The van der Waals surface area contributed by atoms with Crippen LogP contribution in [0.25, 0.3) is 11.0 Å². The topological polar surface area (TPSA) is 62.6 Å². The fraction of sp³-hybridized carbons (Fsp3) is 0.154. The monoisotopic (exact) mass is 466 g/mol. The number of hydrogen-bond acceptors (Lipinski definition) is 3. The van der Waals surface area contributed by atoms with Crippen LogP contribution in [0.2, 0.25) is 0 Å². The van der Waals surface area contributed by atoms with Crippen LogP contribution in [0.15, 0.2) is 88.3 Å². The molecule has 1 N–H and O–H groups in total. The molecule has 3 aromatic carbocycles. The van der Waals surface area contributed by atoms with Gasteiger partial charge in [-0.25, -0.2) is 4.79 Å². The fourth-order valence-electron chi connectivity index (χ4n) is 3.58. The van der Waals surface area contributed by atoms with Crippen molar-refractivity contribution in [3.63, 3.8) is 0 Å². The maximum Gasteiger partial charge on any atom is 0.416 e. The fourth-order valence-corrected chi connectivity index (χ4v) is 3.58. The Bertz CT molecular complexity index is 1380. The van der Waals surface area contributed by atoms with Crippen molar-refractivity contribution in [1.82, 2.24) is 4.90 Å². The third-order valence-electron chi connectivity index (χ3n) is 5.31. The maximum absolute atomic E-state index is 13.1. The van der Waals surface area contributed by atoms with Crippen LogP contribution in [0.5, 0.6) is 0 Å². The Kier molecular flexibility index (Phi) is 6.40. The number of hydrogen-bond donors (Lipinski definition) is 1. The number of alkyl halides is 3. The van der Waals surface area contributed by atoms with E-state index < -0.39 is 17.8 Å². The van der Waals surface area contributed by atoms with Crippen LogP contribution in [0.1, 0.15) is 22.3 Å². The van der Waals surface area contributed by atoms with E-state index in [2.05, 4.69) is 5.32 Å². The summed E-state index contributed by atoms with van der Waals surface area (Å²) in [5, 5.41) is 2.91. The Morgan fingerprint density at radius 3 is 2.47 bits per heavy atom. The Morgan fingerprint density at radius 2 is 1.74 bits per heavy atom. The molecule has 0 fully saturated rings. The molecule has 1 heterocycles. The van der Waals surface area contributed by atoms with Gasteiger partial charge in [0.25, 0.3) is 0 Å². The van der Waals surface area contributed by atoms with Crippen LogP contribution < -0.4 is 10.7 Å². The quantitative estimate of drug-likeness (QED) is 0.373. The van der Waals surface area contributed by atoms with E-state index in [1.807, 2.05) is 43.3 Å². The van der Waals surface area contributed by atoms with Crippen molar-refractivity contribution in [3.05, 3.63) is 112 Å². The molecule has 1 aromatic heterocycles. The highest BCUT2D eigenvalue weighted by molar-refractivity contribution is 5.89. The molecule has 5 nitrogen and oxygen atoms in total. The Labute approximate surface area is 193 Å². The molecular formula is C26H21F3N2O3. The predicted octanol–water partition coefficient (Wildman–Crippen LogP) is 6.35. The first-order valence-corrected chi connectivity index (χ1v) is 10.5. The molecule has 0 aliphatic heterocycles. The number of rotatable bonds is 5. The van der Waals surface area contributed by atoms with E-state index >= 15 is 0 Å². The van der Waals surface area contributed by atoms with Gasteiger partial charge < -0.3 is 14.6 Å². The number of nitrogens with zero attached hydrogens (tertiary/aromatic N) is 1. The van der Waals surface area contributed by atoms with E-state index in [1.54, 1.807) is 12.1 Å². The standard InChI is InChI=1S/C26H21F3N2O3/c1-17-10-11-23-22(12-17)24(32)19(16-34-23)15-31(14-18-6-3-2-4-7-18)25(33)30-21-9-5-8-20(13-21)26(27,28)29/h2-13,16H,14-15H2,1H3,(H,30,33). The summed E-state index contributed by atoms with van der Waals surface area (Å²) >= 11 is 0. The van der Waals surface area contributed by atoms with Gasteiger partial charge in [-0.3, -0.25) is 4.79 Å². The average molecular weight is 466 g/mol. The molecule has 4 rings (SSSR count). The van der Waals surface area contributed by atoms with Gasteiger partial charge in [0.15, 0.2) is 5.43 Å². The molecule has 0 atom stereocenters. The molecule has 34 heavy (non-hydrogen) atoms. The lowest BCUT2D eigenvalue weighted by atomic mass is 10.1. The summed E-state index contributed by atoms with van der Waals surface area (Å²) in [5.41, 5.74) is 1.23. The highest BCUT2D eigenvalue weighted by atomic mass is 19.4. The normalized spacial score (nSPS) is 11.4. The number of benzene rings is 3. The minimum Gasteiger partial charge on any atom is -0.464 e. The number of carbonyl (C=O) groups is 1. The van der Waals surface area contributed by atoms with Gasteiger partial charge in [-0.15, -0.1) is 0 Å². The molecule has 0 aliphatic rings. The third kappa shape index (κ3) is 5.28. The summed E-state index contributed by atoms with van der Waals surface area (Å²) in [4.78, 5) is 27.5.